The minimum absolute atomic E-state index is 0.157. The molecule has 0 aliphatic heterocycles. The number of hydrogen-bond acceptors (Lipinski definition) is 5. The molecule has 0 saturated heterocycles. The molecule has 0 unspecified atom stereocenters. The summed E-state index contributed by atoms with van der Waals surface area (Å²) in [7, 11) is 0. The fourth-order valence-corrected chi connectivity index (χ4v) is 2.57. The molecule has 6 nitrogen and oxygen atoms in total. The van der Waals surface area contributed by atoms with Gasteiger partial charge in [0.05, 0.1) is 30.2 Å². The van der Waals surface area contributed by atoms with Crippen molar-refractivity contribution < 1.29 is 8.91 Å². The van der Waals surface area contributed by atoms with Crippen LogP contribution >= 0.6 is 0 Å². The highest BCUT2D eigenvalue weighted by molar-refractivity contribution is 5.76. The molecule has 2 heterocycles. The van der Waals surface area contributed by atoms with E-state index in [4.69, 9.17) is 4.52 Å². The van der Waals surface area contributed by atoms with Crippen LogP contribution in [0.25, 0.3) is 10.9 Å². The molecule has 0 amide bonds. The van der Waals surface area contributed by atoms with Gasteiger partial charge in [-0.25, -0.2) is 9.37 Å². The van der Waals surface area contributed by atoms with E-state index in [1.54, 1.807) is 30.3 Å². The lowest BCUT2D eigenvalue weighted by atomic mass is 10.1. The van der Waals surface area contributed by atoms with Gasteiger partial charge in [-0.3, -0.25) is 9.36 Å². The molecule has 0 spiro atoms. The van der Waals surface area contributed by atoms with Crippen LogP contribution in [0.2, 0.25) is 0 Å². The van der Waals surface area contributed by atoms with E-state index in [-0.39, 0.29) is 17.9 Å². The molecular formula is C18H13FN4O2. The average molecular weight is 336 g/mol. The van der Waals surface area contributed by atoms with Crippen molar-refractivity contribution in [3.05, 3.63) is 88.3 Å². The smallest absolute Gasteiger partial charge is 0.261 e. The van der Waals surface area contributed by atoms with Crippen molar-refractivity contribution in [2.45, 2.75) is 13.0 Å². The van der Waals surface area contributed by atoms with Gasteiger partial charge in [-0.05, 0) is 29.8 Å². The van der Waals surface area contributed by atoms with E-state index >= 15 is 0 Å². The summed E-state index contributed by atoms with van der Waals surface area (Å²) < 4.78 is 19.6. The van der Waals surface area contributed by atoms with E-state index in [9.17, 15) is 9.18 Å². The predicted molar refractivity (Wildman–Crippen MR) is 88.6 cm³/mol. The van der Waals surface area contributed by atoms with Gasteiger partial charge >= 0.3 is 0 Å². The zero-order chi connectivity index (χ0) is 17.2. The van der Waals surface area contributed by atoms with E-state index in [2.05, 4.69) is 15.1 Å². The standard InChI is InChI=1S/C18H13FN4O2/c19-13-7-5-12(6-8-13)9-17-21-16(22-25-17)10-23-11-20-15-4-2-1-3-14(15)18(23)24/h1-8,11H,9-10H2. The Hall–Kier alpha value is -3.35. The molecule has 0 bridgehead atoms. The molecule has 25 heavy (non-hydrogen) atoms. The Balaban J connectivity index is 1.56. The second-order valence-corrected chi connectivity index (χ2v) is 5.60. The zero-order valence-corrected chi connectivity index (χ0v) is 13.1. The van der Waals surface area contributed by atoms with E-state index in [1.807, 2.05) is 6.07 Å². The third-order valence-electron chi connectivity index (χ3n) is 3.82. The van der Waals surface area contributed by atoms with Gasteiger partial charge < -0.3 is 4.52 Å². The van der Waals surface area contributed by atoms with Crippen LogP contribution in [-0.4, -0.2) is 19.7 Å². The summed E-state index contributed by atoms with van der Waals surface area (Å²) in [5, 5.41) is 4.44. The minimum atomic E-state index is -0.293. The maximum Gasteiger partial charge on any atom is 0.261 e. The van der Waals surface area contributed by atoms with Crippen LogP contribution in [0.3, 0.4) is 0 Å². The van der Waals surface area contributed by atoms with E-state index in [1.165, 1.54) is 23.0 Å². The van der Waals surface area contributed by atoms with Crippen molar-refractivity contribution in [2.75, 3.05) is 0 Å². The Kier molecular flexibility index (Phi) is 3.81. The molecule has 0 radical (unpaired) electrons. The van der Waals surface area contributed by atoms with Crippen molar-refractivity contribution in [3.8, 4) is 0 Å². The summed E-state index contributed by atoms with van der Waals surface area (Å²) in [6.45, 7) is 0.170. The van der Waals surface area contributed by atoms with Gasteiger partial charge in [0.25, 0.3) is 5.56 Å². The molecule has 0 aliphatic rings. The Morgan fingerprint density at radius 3 is 2.72 bits per heavy atom. The zero-order valence-electron chi connectivity index (χ0n) is 13.1. The fraction of sp³-hybridized carbons (Fsp3) is 0.111. The highest BCUT2D eigenvalue weighted by atomic mass is 19.1. The molecule has 2 aromatic heterocycles. The molecule has 0 fully saturated rings. The second-order valence-electron chi connectivity index (χ2n) is 5.60. The predicted octanol–water partition coefficient (Wildman–Crippen LogP) is 2.56. The summed E-state index contributed by atoms with van der Waals surface area (Å²) >= 11 is 0. The molecule has 0 atom stereocenters. The highest BCUT2D eigenvalue weighted by Crippen LogP contribution is 2.10. The van der Waals surface area contributed by atoms with E-state index < -0.39 is 0 Å². The van der Waals surface area contributed by atoms with Crippen molar-refractivity contribution >= 4 is 10.9 Å². The molecule has 0 N–H and O–H groups in total. The lowest BCUT2D eigenvalue weighted by Crippen LogP contribution is -2.21. The van der Waals surface area contributed by atoms with Crippen molar-refractivity contribution in [3.63, 3.8) is 0 Å². The van der Waals surface area contributed by atoms with E-state index in [0.29, 0.717) is 29.0 Å². The van der Waals surface area contributed by atoms with Gasteiger partial charge in [0, 0.05) is 0 Å². The first-order valence-electron chi connectivity index (χ1n) is 7.69. The maximum absolute atomic E-state index is 12.9. The lowest BCUT2D eigenvalue weighted by molar-refractivity contribution is 0.378. The number of fused-ring (bicyclic) bond motifs is 1. The maximum atomic E-state index is 12.9. The quantitative estimate of drug-likeness (QED) is 0.573. The summed E-state index contributed by atoms with van der Waals surface area (Å²) in [6, 6.07) is 13.2. The molecule has 7 heteroatoms. The van der Waals surface area contributed by atoms with Gasteiger partial charge in [-0.15, -0.1) is 0 Å². The number of nitrogens with zero attached hydrogens (tertiary/aromatic N) is 4. The van der Waals surface area contributed by atoms with Crippen LogP contribution in [-0.2, 0) is 13.0 Å². The van der Waals surface area contributed by atoms with Gasteiger partial charge in [0.15, 0.2) is 5.82 Å². The lowest BCUT2D eigenvalue weighted by Gasteiger charge is -2.03. The van der Waals surface area contributed by atoms with Crippen LogP contribution in [0.5, 0.6) is 0 Å². The molecule has 0 saturated carbocycles. The second kappa shape index (κ2) is 6.27. The van der Waals surface area contributed by atoms with Gasteiger partial charge in [0.2, 0.25) is 5.89 Å². The fourth-order valence-electron chi connectivity index (χ4n) is 2.57. The highest BCUT2D eigenvalue weighted by Gasteiger charge is 2.10. The van der Waals surface area contributed by atoms with Crippen LogP contribution in [0.4, 0.5) is 4.39 Å². The number of benzene rings is 2. The first-order valence-corrected chi connectivity index (χ1v) is 7.69. The molecule has 124 valence electrons. The van der Waals surface area contributed by atoms with Crippen LogP contribution in [0.1, 0.15) is 17.3 Å². The summed E-state index contributed by atoms with van der Waals surface area (Å²) in [5.74, 6) is 0.498. The number of para-hydroxylation sites is 1. The number of halogens is 1. The largest absolute Gasteiger partial charge is 0.339 e. The van der Waals surface area contributed by atoms with Crippen molar-refractivity contribution in [2.24, 2.45) is 0 Å². The Labute approximate surface area is 141 Å². The Morgan fingerprint density at radius 1 is 1.08 bits per heavy atom. The van der Waals surface area contributed by atoms with Crippen LogP contribution < -0.4 is 5.56 Å². The van der Waals surface area contributed by atoms with Crippen LogP contribution in [0, 0.1) is 5.82 Å². The molecule has 0 aliphatic carbocycles. The Morgan fingerprint density at radius 2 is 1.88 bits per heavy atom. The van der Waals surface area contributed by atoms with Gasteiger partial charge in [-0.2, -0.15) is 4.98 Å². The molecule has 4 rings (SSSR count). The third-order valence-corrected chi connectivity index (χ3v) is 3.82. The molecular weight excluding hydrogens is 323 g/mol. The van der Waals surface area contributed by atoms with Crippen LogP contribution in [0.15, 0.2) is 64.2 Å². The normalized spacial score (nSPS) is 11.1. The summed E-state index contributed by atoms with van der Waals surface area (Å²) in [4.78, 5) is 21.0. The van der Waals surface area contributed by atoms with Crippen molar-refractivity contribution in [1.82, 2.24) is 19.7 Å². The van der Waals surface area contributed by atoms with Gasteiger partial charge in [-0.1, -0.05) is 29.4 Å². The summed E-state index contributed by atoms with van der Waals surface area (Å²) in [5.41, 5.74) is 1.35. The minimum Gasteiger partial charge on any atom is -0.339 e. The Bertz CT molecular complexity index is 1090. The van der Waals surface area contributed by atoms with Crippen molar-refractivity contribution in [1.29, 1.82) is 0 Å². The number of rotatable bonds is 4. The number of aromatic nitrogens is 4. The molecule has 2 aromatic carbocycles. The average Bonchev–Trinajstić information content (AvgIpc) is 3.07. The molecule has 4 aromatic rings. The SMILES string of the molecule is O=c1c2ccccc2ncn1Cc1noc(Cc2ccc(F)cc2)n1. The monoisotopic (exact) mass is 336 g/mol. The third kappa shape index (κ3) is 3.16. The van der Waals surface area contributed by atoms with Gasteiger partial charge in [0.1, 0.15) is 5.82 Å². The van der Waals surface area contributed by atoms with E-state index in [0.717, 1.165) is 5.56 Å². The first-order chi connectivity index (χ1) is 12.2. The topological polar surface area (TPSA) is 73.8 Å². The summed E-state index contributed by atoms with van der Waals surface area (Å²) in [6.07, 6.45) is 1.87. The number of hydrogen-bond donors (Lipinski definition) is 0. The first kappa shape index (κ1) is 15.2.